The van der Waals surface area contributed by atoms with E-state index >= 15 is 0 Å². The van der Waals surface area contributed by atoms with Crippen LogP contribution in [0.2, 0.25) is 0 Å². The van der Waals surface area contributed by atoms with Crippen molar-refractivity contribution in [3.05, 3.63) is 0 Å². The van der Waals surface area contributed by atoms with Crippen LogP contribution in [0.1, 0.15) is 21.6 Å². The summed E-state index contributed by atoms with van der Waals surface area (Å²) in [5.41, 5.74) is 10.4. The maximum absolute atomic E-state index is 10.6. The first kappa shape index (κ1) is 17.0. The van der Waals surface area contributed by atoms with Crippen LogP contribution in [-0.4, -0.2) is 47.0 Å². The van der Waals surface area contributed by atoms with Crippen LogP contribution in [0.15, 0.2) is 0 Å². The number of Topliss-reactive ketones (excluding diaryl/α,β-unsaturated/α-hetero) is 2. The van der Waals surface area contributed by atoms with E-state index < -0.39 is 29.4 Å². The predicted octanol–water partition coefficient (Wildman–Crippen LogP) is -1.30. The second-order valence-corrected chi connectivity index (χ2v) is 4.69. The second-order valence-electron chi connectivity index (χ2n) is 3.42. The molecule has 0 saturated carbocycles. The fourth-order valence-corrected chi connectivity index (χ4v) is 1.23. The topological polar surface area (TPSA) is 130 Å². The SMILES string of the molecule is COS(=O)CC(N)C(C)=O.[2H]C(=O)CC(N)C(C)=O. The van der Waals surface area contributed by atoms with E-state index in [9.17, 15) is 18.6 Å². The number of ketones is 2. The highest BCUT2D eigenvalue weighted by molar-refractivity contribution is 7.80. The number of aldehydes is 1. The number of carbonyl (C=O) groups is 3. The maximum atomic E-state index is 10.6. The molecule has 0 aromatic rings. The van der Waals surface area contributed by atoms with Gasteiger partial charge in [0.1, 0.15) is 19.2 Å². The van der Waals surface area contributed by atoms with Crippen molar-refractivity contribution in [1.29, 1.82) is 0 Å². The van der Waals surface area contributed by atoms with E-state index in [1.807, 2.05) is 0 Å². The molecule has 3 atom stereocenters. The van der Waals surface area contributed by atoms with Crippen molar-refractivity contribution in [3.8, 4) is 0 Å². The fourth-order valence-electron chi connectivity index (χ4n) is 0.566. The van der Waals surface area contributed by atoms with Crippen LogP contribution in [0.4, 0.5) is 0 Å². The van der Waals surface area contributed by atoms with Gasteiger partial charge in [-0.25, -0.2) is 4.21 Å². The van der Waals surface area contributed by atoms with E-state index in [0.717, 1.165) is 0 Å². The largest absolute Gasteiger partial charge is 0.321 e. The van der Waals surface area contributed by atoms with E-state index in [0.29, 0.717) is 0 Å². The Bertz CT molecular complexity index is 351. The predicted molar refractivity (Wildman–Crippen MR) is 68.0 cm³/mol. The first-order valence-electron chi connectivity index (χ1n) is 5.56. The molecule has 4 N–H and O–H groups in total. The molecule has 0 amide bonds. The Morgan fingerprint density at radius 3 is 2.00 bits per heavy atom. The Kier molecular flexibility index (Phi) is 10.6. The summed E-state index contributed by atoms with van der Waals surface area (Å²) in [5.74, 6) is -0.354. The number of carbonyl (C=O) groups excluding carboxylic acids is 3. The molecule has 0 aliphatic heterocycles. The number of rotatable bonds is 7. The van der Waals surface area contributed by atoms with Gasteiger partial charge in [-0.05, 0) is 13.8 Å². The number of hydrogen-bond donors (Lipinski definition) is 2. The lowest BCUT2D eigenvalue weighted by molar-refractivity contribution is -0.120. The van der Waals surface area contributed by atoms with Gasteiger partial charge in [0.25, 0.3) is 0 Å². The van der Waals surface area contributed by atoms with Gasteiger partial charge in [-0.1, -0.05) is 0 Å². The Morgan fingerprint density at radius 1 is 1.33 bits per heavy atom. The molecule has 18 heavy (non-hydrogen) atoms. The fraction of sp³-hybridized carbons (Fsp3) is 0.700. The molecule has 0 rings (SSSR count). The summed E-state index contributed by atoms with van der Waals surface area (Å²) in [6.45, 7) is 2.66. The molecular weight excluding hydrogens is 260 g/mol. The molecule has 0 aromatic heterocycles. The lowest BCUT2D eigenvalue weighted by atomic mass is 10.2. The summed E-state index contributed by atoms with van der Waals surface area (Å²) in [4.78, 5) is 30.8. The smallest absolute Gasteiger partial charge is 0.157 e. The van der Waals surface area contributed by atoms with E-state index in [1.54, 1.807) is 0 Å². The monoisotopic (exact) mass is 281 g/mol. The van der Waals surface area contributed by atoms with Gasteiger partial charge in [-0.3, -0.25) is 13.8 Å². The first-order valence-corrected chi connectivity index (χ1v) is 6.30. The molecule has 0 saturated heterocycles. The van der Waals surface area contributed by atoms with Gasteiger partial charge < -0.3 is 16.3 Å². The van der Waals surface area contributed by atoms with Gasteiger partial charge in [-0.15, -0.1) is 0 Å². The molecule has 0 bridgehead atoms. The maximum Gasteiger partial charge on any atom is 0.157 e. The third-order valence-corrected chi connectivity index (χ3v) is 2.85. The average molecular weight is 281 g/mol. The van der Waals surface area contributed by atoms with Crippen LogP contribution in [0.25, 0.3) is 0 Å². The summed E-state index contributed by atoms with van der Waals surface area (Å²) in [6, 6.07) is -1.45. The zero-order chi connectivity index (χ0) is 15.6. The minimum atomic E-state index is -1.42. The van der Waals surface area contributed by atoms with Crippen molar-refractivity contribution in [2.45, 2.75) is 32.4 Å². The van der Waals surface area contributed by atoms with Gasteiger partial charge in [0, 0.05) is 6.42 Å². The number of hydrogen-bond acceptors (Lipinski definition) is 7. The lowest BCUT2D eigenvalue weighted by Crippen LogP contribution is -2.34. The lowest BCUT2D eigenvalue weighted by Gasteiger charge is -2.04. The minimum absolute atomic E-state index is 0.0752. The zero-order valence-electron chi connectivity index (χ0n) is 11.7. The van der Waals surface area contributed by atoms with E-state index in [-0.39, 0.29) is 23.7 Å². The summed E-state index contributed by atoms with van der Waals surface area (Å²) in [5, 5.41) is 0. The molecule has 0 radical (unpaired) electrons. The van der Waals surface area contributed by atoms with Crippen molar-refractivity contribution in [2.75, 3.05) is 12.9 Å². The third kappa shape index (κ3) is 11.5. The molecule has 8 heteroatoms. The van der Waals surface area contributed by atoms with Gasteiger partial charge in [0.15, 0.2) is 11.1 Å². The standard InChI is InChI=1S/C5H11NO3S.C5H9NO2/c1-4(7)5(6)3-10(8)9-2;1-4(8)5(6)2-3-7/h5H,3,6H2,1-2H3;3,5H,2,6H2,1H3/i;3D. The molecule has 0 heterocycles. The Morgan fingerprint density at radius 2 is 1.78 bits per heavy atom. The second kappa shape index (κ2) is 11.1. The van der Waals surface area contributed by atoms with Crippen molar-refractivity contribution in [3.63, 3.8) is 0 Å². The third-order valence-electron chi connectivity index (χ3n) is 1.85. The molecule has 0 spiro atoms. The van der Waals surface area contributed by atoms with E-state index in [4.69, 9.17) is 12.8 Å². The Balaban J connectivity index is 0. The molecule has 106 valence electrons. The van der Waals surface area contributed by atoms with Crippen molar-refractivity contribution >= 4 is 28.9 Å². The quantitative estimate of drug-likeness (QED) is 0.555. The van der Waals surface area contributed by atoms with Crippen molar-refractivity contribution in [2.24, 2.45) is 11.5 Å². The van der Waals surface area contributed by atoms with Gasteiger partial charge >= 0.3 is 0 Å². The van der Waals surface area contributed by atoms with E-state index in [2.05, 4.69) is 4.18 Å². The highest BCUT2D eigenvalue weighted by Gasteiger charge is 2.11. The van der Waals surface area contributed by atoms with Crippen LogP contribution in [0.3, 0.4) is 0 Å². The highest BCUT2D eigenvalue weighted by atomic mass is 32.2. The van der Waals surface area contributed by atoms with Crippen LogP contribution in [0.5, 0.6) is 0 Å². The summed E-state index contributed by atoms with van der Waals surface area (Å²) >= 11 is -1.42. The summed E-state index contributed by atoms with van der Waals surface area (Å²) < 4.78 is 21.4. The summed E-state index contributed by atoms with van der Waals surface area (Å²) in [7, 11) is 1.31. The van der Waals surface area contributed by atoms with Crippen LogP contribution in [-0.2, 0) is 29.6 Å². The van der Waals surface area contributed by atoms with Crippen molar-refractivity contribution < 1.29 is 24.1 Å². The normalized spacial score (nSPS) is 15.5. The molecule has 0 fully saturated rings. The van der Waals surface area contributed by atoms with Gasteiger partial charge in [-0.2, -0.15) is 0 Å². The Labute approximate surface area is 110 Å². The van der Waals surface area contributed by atoms with Gasteiger partial charge in [0.2, 0.25) is 0 Å². The van der Waals surface area contributed by atoms with Crippen molar-refractivity contribution in [1.82, 2.24) is 0 Å². The van der Waals surface area contributed by atoms with Crippen LogP contribution >= 0.6 is 0 Å². The molecule has 7 nitrogen and oxygen atoms in total. The molecule has 0 aliphatic rings. The molecule has 0 aliphatic carbocycles. The highest BCUT2D eigenvalue weighted by Crippen LogP contribution is 1.88. The first-order chi connectivity index (χ1) is 8.61. The molecular formula is C10H20N2O5S. The number of nitrogens with two attached hydrogens (primary N) is 2. The van der Waals surface area contributed by atoms with E-state index in [1.165, 1.54) is 21.0 Å². The minimum Gasteiger partial charge on any atom is -0.321 e. The van der Waals surface area contributed by atoms with Gasteiger partial charge in [0.05, 0.1) is 24.9 Å². The summed E-state index contributed by atoms with van der Waals surface area (Å²) in [6.07, 6.45) is -0.965. The molecule has 3 unspecified atom stereocenters. The molecule has 0 aromatic carbocycles. The zero-order valence-corrected chi connectivity index (χ0v) is 11.5. The van der Waals surface area contributed by atoms with Crippen LogP contribution < -0.4 is 11.5 Å². The Hall–Kier alpha value is -0.960. The average Bonchev–Trinajstić information content (AvgIpc) is 2.28. The van der Waals surface area contributed by atoms with Crippen LogP contribution in [0, 0.1) is 0 Å².